The van der Waals surface area contributed by atoms with Crippen LogP contribution in [-0.4, -0.2) is 0 Å². The summed E-state index contributed by atoms with van der Waals surface area (Å²) in [6, 6.07) is 10.3. The van der Waals surface area contributed by atoms with Gasteiger partial charge in [-0.2, -0.15) is 0 Å². The van der Waals surface area contributed by atoms with Crippen molar-refractivity contribution >= 4 is 23.2 Å². The number of hydrogen-bond acceptors (Lipinski definition) is 0. The second-order valence-corrected chi connectivity index (χ2v) is 4.86. The van der Waals surface area contributed by atoms with E-state index in [4.69, 9.17) is 23.2 Å². The van der Waals surface area contributed by atoms with Gasteiger partial charge in [0, 0.05) is 10.6 Å². The second kappa shape index (κ2) is 5.68. The largest absolute Gasteiger partial charge is 0.207 e. The van der Waals surface area contributed by atoms with Crippen molar-refractivity contribution in [3.05, 3.63) is 70.2 Å². The molecular formula is C14H10Cl2F2. The van der Waals surface area contributed by atoms with Crippen LogP contribution in [0.1, 0.15) is 16.5 Å². The SMILES string of the molecule is Fc1ccc(C(Cl)Cc2c(F)cccc2Cl)cc1. The zero-order chi connectivity index (χ0) is 13.1. The van der Waals surface area contributed by atoms with Crippen LogP contribution >= 0.6 is 23.2 Å². The number of benzene rings is 2. The van der Waals surface area contributed by atoms with Crippen LogP contribution in [0.2, 0.25) is 5.02 Å². The van der Waals surface area contributed by atoms with E-state index in [0.29, 0.717) is 10.6 Å². The van der Waals surface area contributed by atoms with Gasteiger partial charge in [-0.1, -0.05) is 29.8 Å². The van der Waals surface area contributed by atoms with Gasteiger partial charge in [0.2, 0.25) is 0 Å². The fourth-order valence-corrected chi connectivity index (χ4v) is 2.24. The number of hydrogen-bond donors (Lipinski definition) is 0. The van der Waals surface area contributed by atoms with Gasteiger partial charge in [0.1, 0.15) is 11.6 Å². The first-order chi connectivity index (χ1) is 8.58. The highest BCUT2D eigenvalue weighted by Crippen LogP contribution is 2.29. The fourth-order valence-electron chi connectivity index (χ4n) is 1.70. The van der Waals surface area contributed by atoms with Crippen LogP contribution in [0.5, 0.6) is 0 Å². The minimum Gasteiger partial charge on any atom is -0.207 e. The topological polar surface area (TPSA) is 0 Å². The molecule has 0 bridgehead atoms. The minimum absolute atomic E-state index is 0.263. The predicted octanol–water partition coefficient (Wildman–Crippen LogP) is 5.14. The van der Waals surface area contributed by atoms with Crippen molar-refractivity contribution in [2.75, 3.05) is 0 Å². The van der Waals surface area contributed by atoms with Crippen molar-refractivity contribution in [2.24, 2.45) is 0 Å². The summed E-state index contributed by atoms with van der Waals surface area (Å²) in [5.74, 6) is -0.707. The van der Waals surface area contributed by atoms with Crippen molar-refractivity contribution in [3.63, 3.8) is 0 Å². The average Bonchev–Trinajstić information content (AvgIpc) is 2.34. The van der Waals surface area contributed by atoms with Gasteiger partial charge >= 0.3 is 0 Å². The summed E-state index contributed by atoms with van der Waals surface area (Å²) in [4.78, 5) is 0. The van der Waals surface area contributed by atoms with E-state index >= 15 is 0 Å². The Kier molecular flexibility index (Phi) is 4.20. The molecule has 0 N–H and O–H groups in total. The molecule has 0 saturated carbocycles. The molecule has 0 aliphatic carbocycles. The monoisotopic (exact) mass is 286 g/mol. The van der Waals surface area contributed by atoms with Crippen LogP contribution in [-0.2, 0) is 6.42 Å². The normalized spacial score (nSPS) is 12.4. The Morgan fingerprint density at radius 3 is 2.28 bits per heavy atom. The Balaban J connectivity index is 2.21. The third-order valence-corrected chi connectivity index (χ3v) is 3.44. The van der Waals surface area contributed by atoms with E-state index < -0.39 is 5.38 Å². The van der Waals surface area contributed by atoms with E-state index in [9.17, 15) is 8.78 Å². The molecule has 0 aliphatic heterocycles. The molecule has 4 heteroatoms. The van der Waals surface area contributed by atoms with Gasteiger partial charge in [0.05, 0.1) is 5.38 Å². The molecule has 1 unspecified atom stereocenters. The van der Waals surface area contributed by atoms with Gasteiger partial charge < -0.3 is 0 Å². The van der Waals surface area contributed by atoms with Gasteiger partial charge in [-0.3, -0.25) is 0 Å². The van der Waals surface area contributed by atoms with Crippen LogP contribution in [0.4, 0.5) is 8.78 Å². The van der Waals surface area contributed by atoms with Crippen molar-refractivity contribution in [3.8, 4) is 0 Å². The lowest BCUT2D eigenvalue weighted by molar-refractivity contribution is 0.606. The Bertz CT molecular complexity index is 518. The molecule has 0 amide bonds. The van der Waals surface area contributed by atoms with E-state index in [2.05, 4.69) is 0 Å². The van der Waals surface area contributed by atoms with E-state index in [0.717, 1.165) is 5.56 Å². The lowest BCUT2D eigenvalue weighted by Crippen LogP contribution is -1.99. The fraction of sp³-hybridized carbons (Fsp3) is 0.143. The van der Waals surface area contributed by atoms with Gasteiger partial charge in [0.15, 0.2) is 0 Å². The number of halogens is 4. The average molecular weight is 287 g/mol. The molecule has 0 fully saturated rings. The molecule has 1 atom stereocenters. The van der Waals surface area contributed by atoms with Crippen LogP contribution in [0, 0.1) is 11.6 Å². The summed E-state index contributed by atoms with van der Waals surface area (Å²) < 4.78 is 26.4. The quantitative estimate of drug-likeness (QED) is 0.685. The van der Waals surface area contributed by atoms with Crippen LogP contribution < -0.4 is 0 Å². The van der Waals surface area contributed by atoms with Crippen molar-refractivity contribution in [1.82, 2.24) is 0 Å². The molecule has 0 aromatic heterocycles. The predicted molar refractivity (Wildman–Crippen MR) is 70.1 cm³/mol. The van der Waals surface area contributed by atoms with Crippen molar-refractivity contribution in [1.29, 1.82) is 0 Å². The summed E-state index contributed by atoms with van der Waals surface area (Å²) in [5.41, 5.74) is 1.11. The Hall–Kier alpha value is -1.12. The molecule has 0 aliphatic rings. The molecule has 0 nitrogen and oxygen atoms in total. The third kappa shape index (κ3) is 3.01. The van der Waals surface area contributed by atoms with Crippen molar-refractivity contribution in [2.45, 2.75) is 11.8 Å². The first-order valence-electron chi connectivity index (χ1n) is 5.40. The van der Waals surface area contributed by atoms with Crippen LogP contribution in [0.15, 0.2) is 42.5 Å². The number of alkyl halides is 1. The molecule has 94 valence electrons. The van der Waals surface area contributed by atoms with Gasteiger partial charge in [0.25, 0.3) is 0 Å². The molecule has 2 aromatic rings. The zero-order valence-electron chi connectivity index (χ0n) is 9.34. The standard InChI is InChI=1S/C14H10Cl2F2/c15-12-2-1-3-14(18)11(12)8-13(16)9-4-6-10(17)7-5-9/h1-7,13H,8H2. The third-order valence-electron chi connectivity index (χ3n) is 2.68. The molecule has 18 heavy (non-hydrogen) atoms. The van der Waals surface area contributed by atoms with Crippen molar-refractivity contribution < 1.29 is 8.78 Å². The summed E-state index contributed by atoms with van der Waals surface area (Å²) in [6.07, 6.45) is 0.263. The highest BCUT2D eigenvalue weighted by atomic mass is 35.5. The van der Waals surface area contributed by atoms with Gasteiger partial charge in [-0.05, 0) is 36.2 Å². The summed E-state index contributed by atoms with van der Waals surface area (Å²) in [5, 5.41) is -0.0947. The zero-order valence-corrected chi connectivity index (χ0v) is 10.8. The Labute approximate surface area is 114 Å². The van der Waals surface area contributed by atoms with E-state index in [1.54, 1.807) is 24.3 Å². The maximum absolute atomic E-state index is 13.6. The molecule has 2 aromatic carbocycles. The van der Waals surface area contributed by atoms with E-state index in [-0.39, 0.29) is 18.1 Å². The molecular weight excluding hydrogens is 277 g/mol. The lowest BCUT2D eigenvalue weighted by Gasteiger charge is -2.12. The molecule has 0 radical (unpaired) electrons. The van der Waals surface area contributed by atoms with E-state index in [1.165, 1.54) is 18.2 Å². The smallest absolute Gasteiger partial charge is 0.127 e. The maximum Gasteiger partial charge on any atom is 0.127 e. The molecule has 0 spiro atoms. The Morgan fingerprint density at radius 2 is 1.67 bits per heavy atom. The summed E-state index contributed by atoms with van der Waals surface area (Å²) >= 11 is 12.1. The van der Waals surface area contributed by atoms with Crippen LogP contribution in [0.3, 0.4) is 0 Å². The maximum atomic E-state index is 13.6. The van der Waals surface area contributed by atoms with E-state index in [1.807, 2.05) is 0 Å². The first kappa shape index (κ1) is 13.3. The summed E-state index contributed by atoms with van der Waals surface area (Å²) in [6.45, 7) is 0. The summed E-state index contributed by atoms with van der Waals surface area (Å²) in [7, 11) is 0. The highest BCUT2D eigenvalue weighted by molar-refractivity contribution is 6.31. The molecule has 2 rings (SSSR count). The number of rotatable bonds is 3. The van der Waals surface area contributed by atoms with Crippen LogP contribution in [0.25, 0.3) is 0 Å². The second-order valence-electron chi connectivity index (χ2n) is 3.92. The van der Waals surface area contributed by atoms with Gasteiger partial charge in [-0.25, -0.2) is 8.78 Å². The highest BCUT2D eigenvalue weighted by Gasteiger charge is 2.14. The minimum atomic E-state index is -0.444. The Morgan fingerprint density at radius 1 is 1.00 bits per heavy atom. The lowest BCUT2D eigenvalue weighted by atomic mass is 10.0. The van der Waals surface area contributed by atoms with Gasteiger partial charge in [-0.15, -0.1) is 11.6 Å². The first-order valence-corrected chi connectivity index (χ1v) is 6.22. The molecule has 0 saturated heterocycles. The molecule has 0 heterocycles.